The smallest absolute Gasteiger partial charge is 0.0798 e. The zero-order chi connectivity index (χ0) is 31.9. The maximum absolute atomic E-state index is 4.71. The fraction of sp³-hybridized carbons (Fsp3) is 0.190. The Morgan fingerprint density at radius 1 is 0.565 bits per heavy atom. The topological polar surface area (TPSA) is 25.8 Å². The van der Waals surface area contributed by atoms with Gasteiger partial charge < -0.3 is 9.97 Å². The molecule has 0 saturated heterocycles. The molecule has 0 amide bonds. The van der Waals surface area contributed by atoms with E-state index in [9.17, 15) is 0 Å². The summed E-state index contributed by atoms with van der Waals surface area (Å²) in [6, 6.07) is 47.9. The molecule has 6 aromatic rings. The van der Waals surface area contributed by atoms with Crippen LogP contribution in [0.25, 0.3) is 44.8 Å². The predicted octanol–water partition coefficient (Wildman–Crippen LogP) is 10.6. The number of hydrogen-bond acceptors (Lipinski definition) is 2. The first-order valence-corrected chi connectivity index (χ1v) is 19.1. The second-order valence-corrected chi connectivity index (χ2v) is 18.7. The van der Waals surface area contributed by atoms with Gasteiger partial charge in [-0.1, -0.05) is 113 Å². The van der Waals surface area contributed by atoms with Gasteiger partial charge in [0.15, 0.2) is 0 Å². The molecule has 2 aromatic heterocycles. The van der Waals surface area contributed by atoms with Gasteiger partial charge in [-0.15, -0.1) is 71.8 Å². The summed E-state index contributed by atoms with van der Waals surface area (Å²) in [6.07, 6.45) is 5.14. The van der Waals surface area contributed by atoms with Crippen LogP contribution in [0.15, 0.2) is 134 Å². The van der Waals surface area contributed by atoms with Gasteiger partial charge in [0.05, 0.1) is 8.07 Å². The number of benzene rings is 4. The molecular weight excluding hydrogens is 753 g/mol. The van der Waals surface area contributed by atoms with Crippen LogP contribution in [-0.2, 0) is 26.5 Å². The molecule has 1 radical (unpaired) electrons. The largest absolute Gasteiger partial charge is 0.305 e. The van der Waals surface area contributed by atoms with Crippen molar-refractivity contribution in [3.05, 3.63) is 151 Å². The fourth-order valence-corrected chi connectivity index (χ4v) is 6.95. The summed E-state index contributed by atoms with van der Waals surface area (Å²) in [5.41, 5.74) is 10.6. The summed E-state index contributed by atoms with van der Waals surface area (Å²) in [6.45, 7) is 14.1. The Morgan fingerprint density at radius 3 is 1.67 bits per heavy atom. The van der Waals surface area contributed by atoms with E-state index in [2.05, 4.69) is 137 Å². The molecule has 0 bridgehead atoms. The second-order valence-electron chi connectivity index (χ2n) is 13.6. The van der Waals surface area contributed by atoms with Crippen LogP contribution in [0.4, 0.5) is 0 Å². The van der Waals surface area contributed by atoms with E-state index in [-0.39, 0.29) is 25.5 Å². The molecule has 0 N–H and O–H groups in total. The Hall–Kier alpha value is -3.95. The quantitative estimate of drug-likeness (QED) is 0.124. The molecule has 0 fully saturated rings. The van der Waals surface area contributed by atoms with Gasteiger partial charge in [0.2, 0.25) is 0 Å². The summed E-state index contributed by atoms with van der Waals surface area (Å²) in [7, 11) is -1.37. The maximum Gasteiger partial charge on any atom is 0.0798 e. The monoisotopic (exact) mass is 795 g/mol. The SMILES string of the molecule is CC(C)(C)Cc1cc(-c2[c-]cccc2)ncc1[Si](C)(C)C.[Ir].[c-]1ccccc1-c1ccc(-c2cccc(-c3ccccc3)c2)cn1. The molecule has 0 aliphatic carbocycles. The van der Waals surface area contributed by atoms with Gasteiger partial charge in [-0.05, 0) is 56.7 Å². The third-order valence-corrected chi connectivity index (χ3v) is 9.62. The molecule has 0 aliphatic heterocycles. The van der Waals surface area contributed by atoms with Crippen LogP contribution >= 0.6 is 0 Å². The van der Waals surface area contributed by atoms with Gasteiger partial charge in [0.1, 0.15) is 0 Å². The van der Waals surface area contributed by atoms with Crippen LogP contribution in [0, 0.1) is 17.5 Å². The first kappa shape index (κ1) is 34.9. The van der Waals surface area contributed by atoms with E-state index in [1.807, 2.05) is 54.7 Å². The maximum atomic E-state index is 4.71. The summed E-state index contributed by atoms with van der Waals surface area (Å²) < 4.78 is 0. The summed E-state index contributed by atoms with van der Waals surface area (Å²) in [5, 5.41) is 1.48. The van der Waals surface area contributed by atoms with Crippen LogP contribution < -0.4 is 5.19 Å². The van der Waals surface area contributed by atoms with Gasteiger partial charge in [-0.25, -0.2) is 0 Å². The first-order valence-electron chi connectivity index (χ1n) is 15.6. The van der Waals surface area contributed by atoms with Gasteiger partial charge in [0, 0.05) is 32.5 Å². The van der Waals surface area contributed by atoms with Crippen molar-refractivity contribution in [1.82, 2.24) is 9.97 Å². The van der Waals surface area contributed by atoms with E-state index in [0.717, 1.165) is 34.5 Å². The van der Waals surface area contributed by atoms with E-state index in [1.165, 1.54) is 27.4 Å². The van der Waals surface area contributed by atoms with Crippen molar-refractivity contribution in [2.75, 3.05) is 0 Å². The average Bonchev–Trinajstić information content (AvgIpc) is 3.05. The standard InChI is InChI=1S/C23H16N.C19H26NSi.Ir/c1-3-8-18(9-4-1)20-12-7-13-21(16-20)22-14-15-23(24-17-22)19-10-5-2-6-11-19;1-19(2,3)13-16-12-17(15-10-8-7-9-11-15)20-14-18(16)21(4,5)6;/h1-10,12-17H;7-10,12,14H,13H2,1-6H3;/q2*-1;. The Labute approximate surface area is 290 Å². The number of hydrogen-bond donors (Lipinski definition) is 0. The number of rotatable bonds is 6. The van der Waals surface area contributed by atoms with Crippen molar-refractivity contribution in [2.45, 2.75) is 46.8 Å². The van der Waals surface area contributed by atoms with Crippen LogP contribution in [0.3, 0.4) is 0 Å². The first-order chi connectivity index (χ1) is 21.6. The molecule has 0 unspecified atom stereocenters. The molecule has 235 valence electrons. The molecule has 0 spiro atoms. The molecule has 4 heteroatoms. The Kier molecular flexibility index (Phi) is 11.8. The van der Waals surface area contributed by atoms with E-state index in [1.54, 1.807) is 0 Å². The van der Waals surface area contributed by atoms with Crippen molar-refractivity contribution >= 4 is 13.3 Å². The van der Waals surface area contributed by atoms with Gasteiger partial charge in [-0.2, -0.15) is 0 Å². The fourth-order valence-electron chi connectivity index (χ4n) is 5.38. The van der Waals surface area contributed by atoms with Crippen LogP contribution in [0.1, 0.15) is 26.3 Å². The number of nitrogens with zero attached hydrogens (tertiary/aromatic N) is 2. The minimum atomic E-state index is -1.37. The summed E-state index contributed by atoms with van der Waals surface area (Å²) in [5.74, 6) is 0. The Bertz CT molecular complexity index is 1810. The van der Waals surface area contributed by atoms with Crippen molar-refractivity contribution in [3.63, 3.8) is 0 Å². The molecule has 0 saturated carbocycles. The molecule has 0 atom stereocenters. The van der Waals surface area contributed by atoms with E-state index in [4.69, 9.17) is 4.98 Å². The molecule has 4 aromatic carbocycles. The van der Waals surface area contributed by atoms with Crippen molar-refractivity contribution in [2.24, 2.45) is 5.41 Å². The normalized spacial score (nSPS) is 11.2. The van der Waals surface area contributed by atoms with Gasteiger partial charge in [-0.3, -0.25) is 0 Å². The van der Waals surface area contributed by atoms with E-state index >= 15 is 0 Å². The third-order valence-electron chi connectivity index (χ3n) is 7.55. The second kappa shape index (κ2) is 15.6. The van der Waals surface area contributed by atoms with Crippen LogP contribution in [0.5, 0.6) is 0 Å². The van der Waals surface area contributed by atoms with Crippen LogP contribution in [-0.4, -0.2) is 18.0 Å². The average molecular weight is 795 g/mol. The molecule has 2 heterocycles. The number of aromatic nitrogens is 2. The summed E-state index contributed by atoms with van der Waals surface area (Å²) >= 11 is 0. The molecule has 0 aliphatic rings. The Morgan fingerprint density at radius 2 is 1.13 bits per heavy atom. The third kappa shape index (κ3) is 9.53. The van der Waals surface area contributed by atoms with Crippen LogP contribution in [0.2, 0.25) is 19.6 Å². The zero-order valence-electron chi connectivity index (χ0n) is 27.6. The minimum absolute atomic E-state index is 0. The van der Waals surface area contributed by atoms with E-state index < -0.39 is 8.07 Å². The molecule has 2 nitrogen and oxygen atoms in total. The predicted molar refractivity (Wildman–Crippen MR) is 194 cm³/mol. The van der Waals surface area contributed by atoms with Crippen molar-refractivity contribution < 1.29 is 20.1 Å². The number of pyridine rings is 2. The van der Waals surface area contributed by atoms with Gasteiger partial charge in [0.25, 0.3) is 0 Å². The minimum Gasteiger partial charge on any atom is -0.305 e. The Balaban J connectivity index is 0.000000207. The van der Waals surface area contributed by atoms with Gasteiger partial charge >= 0.3 is 0 Å². The zero-order valence-corrected chi connectivity index (χ0v) is 31.0. The molecule has 6 rings (SSSR count). The summed E-state index contributed by atoms with van der Waals surface area (Å²) in [4.78, 5) is 9.31. The molecular formula is C42H42IrN2Si-2. The van der Waals surface area contributed by atoms with Crippen molar-refractivity contribution in [1.29, 1.82) is 0 Å². The van der Waals surface area contributed by atoms with Crippen molar-refractivity contribution in [3.8, 4) is 44.8 Å². The molecule has 46 heavy (non-hydrogen) atoms. The van der Waals surface area contributed by atoms with E-state index in [0.29, 0.717) is 0 Å².